The van der Waals surface area contributed by atoms with Gasteiger partial charge in [-0.25, -0.2) is 12.7 Å². The number of hydrogen-bond donors (Lipinski definition) is 0. The first-order chi connectivity index (χ1) is 9.95. The third kappa shape index (κ3) is 3.97. The molecule has 7 heteroatoms. The number of benzene rings is 1. The van der Waals surface area contributed by atoms with Gasteiger partial charge in [0.25, 0.3) is 0 Å². The van der Waals surface area contributed by atoms with Gasteiger partial charge in [-0.05, 0) is 24.3 Å². The van der Waals surface area contributed by atoms with Crippen molar-refractivity contribution in [3.8, 4) is 0 Å². The minimum Gasteiger partial charge on any atom is -0.369 e. The molecule has 0 N–H and O–H groups in total. The predicted octanol–water partition coefficient (Wildman–Crippen LogP) is 1.45. The van der Waals surface area contributed by atoms with Crippen LogP contribution in [0, 0.1) is 0 Å². The van der Waals surface area contributed by atoms with Crippen LogP contribution in [0.15, 0.2) is 29.2 Å². The average molecular weight is 376 g/mol. The summed E-state index contributed by atoms with van der Waals surface area (Å²) < 4.78 is 25.3. The highest BCUT2D eigenvalue weighted by atomic mass is 79.9. The van der Waals surface area contributed by atoms with E-state index in [1.165, 1.54) is 4.31 Å². The summed E-state index contributed by atoms with van der Waals surface area (Å²) in [5.41, 5.74) is 1.09. The summed E-state index contributed by atoms with van der Waals surface area (Å²) in [6.07, 6.45) is 0. The summed E-state index contributed by atoms with van der Waals surface area (Å²) >= 11 is 3.47. The van der Waals surface area contributed by atoms with E-state index < -0.39 is 10.0 Å². The molecule has 0 atom stereocenters. The number of rotatable bonds is 5. The number of anilines is 1. The Labute approximate surface area is 135 Å². The Morgan fingerprint density at radius 2 is 1.67 bits per heavy atom. The lowest BCUT2D eigenvalue weighted by Crippen LogP contribution is -2.46. The maximum absolute atomic E-state index is 12.0. The Morgan fingerprint density at radius 1 is 1.10 bits per heavy atom. The zero-order chi connectivity index (χ0) is 15.5. The summed E-state index contributed by atoms with van der Waals surface area (Å²) in [6, 6.07) is 7.18. The van der Waals surface area contributed by atoms with Gasteiger partial charge in [0.15, 0.2) is 0 Å². The van der Waals surface area contributed by atoms with E-state index in [0.29, 0.717) is 4.90 Å². The Kier molecular flexibility index (Phi) is 5.65. The smallest absolute Gasteiger partial charge is 0.242 e. The maximum Gasteiger partial charge on any atom is 0.242 e. The Bertz CT molecular complexity index is 552. The molecule has 2 rings (SSSR count). The fraction of sp³-hybridized carbons (Fsp3) is 0.571. The van der Waals surface area contributed by atoms with Crippen LogP contribution in [-0.4, -0.2) is 69.8 Å². The van der Waals surface area contributed by atoms with Crippen molar-refractivity contribution in [2.45, 2.75) is 4.90 Å². The van der Waals surface area contributed by atoms with E-state index >= 15 is 0 Å². The second-order valence-corrected chi connectivity index (χ2v) is 8.24. The Morgan fingerprint density at radius 3 is 2.14 bits per heavy atom. The van der Waals surface area contributed by atoms with Crippen LogP contribution in [0.4, 0.5) is 5.69 Å². The maximum atomic E-state index is 12.0. The van der Waals surface area contributed by atoms with E-state index in [2.05, 4.69) is 25.7 Å². The van der Waals surface area contributed by atoms with Crippen molar-refractivity contribution in [3.05, 3.63) is 24.3 Å². The molecule has 0 radical (unpaired) electrons. The van der Waals surface area contributed by atoms with Crippen LogP contribution in [0.5, 0.6) is 0 Å². The van der Waals surface area contributed by atoms with Crippen LogP contribution in [0.1, 0.15) is 0 Å². The molecule has 118 valence electrons. The molecule has 1 aliphatic rings. The van der Waals surface area contributed by atoms with E-state index in [0.717, 1.165) is 43.7 Å². The van der Waals surface area contributed by atoms with E-state index in [1.807, 2.05) is 12.1 Å². The third-order valence-electron chi connectivity index (χ3n) is 3.75. The number of piperazine rings is 1. The molecular weight excluding hydrogens is 354 g/mol. The summed E-state index contributed by atoms with van der Waals surface area (Å²) in [5, 5.41) is 1.00. The molecule has 0 saturated carbocycles. The number of hydrogen-bond acceptors (Lipinski definition) is 4. The molecule has 5 nitrogen and oxygen atoms in total. The van der Waals surface area contributed by atoms with Gasteiger partial charge >= 0.3 is 0 Å². The summed E-state index contributed by atoms with van der Waals surface area (Å²) in [6.45, 7) is 5.13. The van der Waals surface area contributed by atoms with Crippen molar-refractivity contribution in [3.63, 3.8) is 0 Å². The number of halogens is 1. The number of nitrogens with zero attached hydrogens (tertiary/aromatic N) is 3. The zero-order valence-corrected chi connectivity index (χ0v) is 14.9. The van der Waals surface area contributed by atoms with Gasteiger partial charge < -0.3 is 4.90 Å². The molecule has 0 spiro atoms. The van der Waals surface area contributed by atoms with E-state index in [-0.39, 0.29) is 0 Å². The van der Waals surface area contributed by atoms with Crippen molar-refractivity contribution < 1.29 is 8.42 Å². The highest BCUT2D eigenvalue weighted by Crippen LogP contribution is 2.20. The molecule has 1 aromatic rings. The Balaban J connectivity index is 2.04. The van der Waals surface area contributed by atoms with Gasteiger partial charge in [-0.15, -0.1) is 0 Å². The predicted molar refractivity (Wildman–Crippen MR) is 89.8 cm³/mol. The molecule has 21 heavy (non-hydrogen) atoms. The first-order valence-corrected chi connectivity index (χ1v) is 9.57. The van der Waals surface area contributed by atoms with Gasteiger partial charge in [-0.2, -0.15) is 0 Å². The lowest BCUT2D eigenvalue weighted by Gasteiger charge is -2.35. The molecular formula is C14H22BrN3O2S. The van der Waals surface area contributed by atoms with Crippen LogP contribution in [0.2, 0.25) is 0 Å². The second kappa shape index (κ2) is 7.09. The summed E-state index contributed by atoms with van der Waals surface area (Å²) in [5.74, 6) is 0. The molecule has 1 fully saturated rings. The van der Waals surface area contributed by atoms with Crippen molar-refractivity contribution >= 4 is 31.6 Å². The molecule has 1 heterocycles. The van der Waals surface area contributed by atoms with Gasteiger partial charge in [0, 0.05) is 57.8 Å². The largest absolute Gasteiger partial charge is 0.369 e. The first-order valence-electron chi connectivity index (χ1n) is 7.01. The van der Waals surface area contributed by atoms with Crippen molar-refractivity contribution in [1.82, 2.24) is 9.21 Å². The monoisotopic (exact) mass is 375 g/mol. The molecule has 1 aromatic carbocycles. The van der Waals surface area contributed by atoms with Crippen LogP contribution >= 0.6 is 15.9 Å². The zero-order valence-electron chi connectivity index (χ0n) is 12.5. The molecule has 1 aliphatic heterocycles. The summed E-state index contributed by atoms with van der Waals surface area (Å²) in [7, 11) is -0.243. The van der Waals surface area contributed by atoms with Gasteiger partial charge in [0.05, 0.1) is 4.90 Å². The van der Waals surface area contributed by atoms with E-state index in [9.17, 15) is 8.42 Å². The van der Waals surface area contributed by atoms with Gasteiger partial charge in [0.1, 0.15) is 0 Å². The van der Waals surface area contributed by atoms with Crippen molar-refractivity contribution in [2.24, 2.45) is 0 Å². The van der Waals surface area contributed by atoms with Crippen LogP contribution in [-0.2, 0) is 10.0 Å². The van der Waals surface area contributed by atoms with E-state index in [1.54, 1.807) is 26.2 Å². The molecule has 0 bridgehead atoms. The van der Waals surface area contributed by atoms with Gasteiger partial charge in [0.2, 0.25) is 10.0 Å². The fourth-order valence-corrected chi connectivity index (χ4v) is 3.79. The molecule has 0 unspecified atom stereocenters. The minimum atomic E-state index is -3.34. The van der Waals surface area contributed by atoms with E-state index in [4.69, 9.17) is 0 Å². The highest BCUT2D eigenvalue weighted by molar-refractivity contribution is 9.09. The fourth-order valence-electron chi connectivity index (χ4n) is 2.39. The molecule has 0 aliphatic carbocycles. The lowest BCUT2D eigenvalue weighted by molar-refractivity contribution is 0.274. The highest BCUT2D eigenvalue weighted by Gasteiger charge is 2.19. The molecule has 0 aromatic heterocycles. The van der Waals surface area contributed by atoms with Gasteiger partial charge in [-0.3, -0.25) is 4.90 Å². The molecule has 0 amide bonds. The second-order valence-electron chi connectivity index (χ2n) is 5.30. The number of sulfonamides is 1. The van der Waals surface area contributed by atoms with Gasteiger partial charge in [-0.1, -0.05) is 15.9 Å². The quantitative estimate of drug-likeness (QED) is 0.730. The van der Waals surface area contributed by atoms with Crippen molar-refractivity contribution in [2.75, 3.05) is 57.0 Å². The average Bonchev–Trinajstić information content (AvgIpc) is 2.48. The first kappa shape index (κ1) is 16.7. The Hall–Kier alpha value is -0.630. The van der Waals surface area contributed by atoms with Crippen LogP contribution in [0.25, 0.3) is 0 Å². The minimum absolute atomic E-state index is 0.342. The standard InChI is InChI=1S/C14H22BrN3O2S/c1-16(2)21(19,20)14-5-3-13(4-6-14)18-11-9-17(8-7-15)10-12-18/h3-6H,7-12H2,1-2H3. The summed E-state index contributed by atoms with van der Waals surface area (Å²) in [4.78, 5) is 5.07. The third-order valence-corrected chi connectivity index (χ3v) is 5.94. The van der Waals surface area contributed by atoms with Crippen LogP contribution in [0.3, 0.4) is 0 Å². The topological polar surface area (TPSA) is 43.9 Å². The lowest BCUT2D eigenvalue weighted by atomic mass is 10.2. The van der Waals surface area contributed by atoms with Crippen molar-refractivity contribution in [1.29, 1.82) is 0 Å². The SMILES string of the molecule is CN(C)S(=O)(=O)c1ccc(N2CCN(CCBr)CC2)cc1. The number of alkyl halides is 1. The molecule has 1 saturated heterocycles. The normalized spacial score (nSPS) is 17.4. The van der Waals surface area contributed by atoms with Crippen LogP contribution < -0.4 is 4.90 Å².